The van der Waals surface area contributed by atoms with E-state index in [1.807, 2.05) is 66.7 Å². The molecule has 7 heteroatoms. The van der Waals surface area contributed by atoms with E-state index in [9.17, 15) is 14.7 Å². The highest BCUT2D eigenvalue weighted by Crippen LogP contribution is 2.44. The zero-order valence-corrected chi connectivity index (χ0v) is 19.2. The number of hydrogen-bond acceptors (Lipinski definition) is 5. The summed E-state index contributed by atoms with van der Waals surface area (Å²) in [6.07, 6.45) is -0.780. The van der Waals surface area contributed by atoms with Crippen LogP contribution in [0, 0.1) is 0 Å². The number of hydroxylamine groups is 2. The summed E-state index contributed by atoms with van der Waals surface area (Å²) in [6.45, 7) is 2.08. The molecule has 3 aromatic rings. The van der Waals surface area contributed by atoms with Gasteiger partial charge in [0.15, 0.2) is 0 Å². The van der Waals surface area contributed by atoms with Crippen LogP contribution in [0.3, 0.4) is 0 Å². The van der Waals surface area contributed by atoms with Crippen molar-refractivity contribution in [1.29, 1.82) is 0 Å². The molecule has 34 heavy (non-hydrogen) atoms. The minimum absolute atomic E-state index is 0.101. The second-order valence-electron chi connectivity index (χ2n) is 8.33. The van der Waals surface area contributed by atoms with E-state index in [-0.39, 0.29) is 12.5 Å². The second-order valence-corrected chi connectivity index (χ2v) is 8.33. The van der Waals surface area contributed by atoms with E-state index >= 15 is 0 Å². The predicted octanol–water partition coefficient (Wildman–Crippen LogP) is 4.43. The second kappa shape index (κ2) is 10.5. The van der Waals surface area contributed by atoms with E-state index in [0.717, 1.165) is 27.8 Å². The number of fused-ring (bicyclic) bond motifs is 3. The molecular weight excluding hydrogens is 432 g/mol. The van der Waals surface area contributed by atoms with Crippen LogP contribution in [0.25, 0.3) is 11.1 Å². The Morgan fingerprint density at radius 1 is 0.941 bits per heavy atom. The Balaban J connectivity index is 1.36. The molecule has 0 fully saturated rings. The molecule has 0 saturated carbocycles. The Bertz CT molecular complexity index is 1110. The molecule has 0 spiro atoms. The van der Waals surface area contributed by atoms with Gasteiger partial charge in [0.2, 0.25) is 0 Å². The summed E-state index contributed by atoms with van der Waals surface area (Å²) < 4.78 is 5.51. The van der Waals surface area contributed by atoms with Crippen LogP contribution in [0.15, 0.2) is 78.9 Å². The first kappa shape index (κ1) is 23.5. The normalized spacial score (nSPS) is 14.2. The lowest BCUT2D eigenvalue weighted by Gasteiger charge is -2.29. The Hall–Kier alpha value is -3.68. The molecule has 1 aliphatic carbocycles. The fourth-order valence-electron chi connectivity index (χ4n) is 4.23. The first-order chi connectivity index (χ1) is 16.5. The van der Waals surface area contributed by atoms with E-state index in [2.05, 4.69) is 17.4 Å². The van der Waals surface area contributed by atoms with Crippen LogP contribution in [0.5, 0.6) is 0 Å². The van der Waals surface area contributed by atoms with E-state index in [1.54, 1.807) is 14.0 Å². The fourth-order valence-corrected chi connectivity index (χ4v) is 4.23. The molecule has 0 heterocycles. The lowest BCUT2D eigenvalue weighted by Crippen LogP contribution is -2.53. The molecule has 1 amide bonds. The van der Waals surface area contributed by atoms with Crippen molar-refractivity contribution in [3.8, 4) is 11.1 Å². The van der Waals surface area contributed by atoms with Crippen molar-refractivity contribution in [1.82, 2.24) is 10.4 Å². The lowest BCUT2D eigenvalue weighted by atomic mass is 9.98. The summed E-state index contributed by atoms with van der Waals surface area (Å²) in [6, 6.07) is 23.8. The average molecular weight is 461 g/mol. The molecule has 0 aromatic heterocycles. The molecule has 0 aliphatic heterocycles. The minimum Gasteiger partial charge on any atom is -0.480 e. The Kier molecular flexibility index (Phi) is 7.25. The van der Waals surface area contributed by atoms with E-state index in [0.29, 0.717) is 6.61 Å². The first-order valence-corrected chi connectivity index (χ1v) is 11.2. The van der Waals surface area contributed by atoms with E-state index < -0.39 is 24.1 Å². The van der Waals surface area contributed by atoms with Gasteiger partial charge in [0.05, 0.1) is 12.6 Å². The van der Waals surface area contributed by atoms with Crippen molar-refractivity contribution in [3.63, 3.8) is 0 Å². The number of likely N-dealkylation sites (N-methyl/N-ethyl adjacent to an activating group) is 1. The number of carbonyl (C=O) groups is 2. The molecular formula is C27H28N2O5. The Labute approximate surface area is 198 Å². The molecule has 0 saturated heterocycles. The number of ether oxygens (including phenoxy) is 1. The van der Waals surface area contributed by atoms with E-state index in [1.165, 1.54) is 5.06 Å². The Morgan fingerprint density at radius 3 is 2.09 bits per heavy atom. The van der Waals surface area contributed by atoms with Crippen LogP contribution < -0.4 is 5.32 Å². The summed E-state index contributed by atoms with van der Waals surface area (Å²) in [5.41, 5.74) is 5.39. The standard InChI is InChI=1S/C27H28N2O5/c1-18(29(2)34-16-19-10-4-3-5-11-19)25(26(30)31)28-27(32)33-17-24-22-14-8-6-12-20(22)21-13-7-9-15-23(21)24/h3-15,18,24-25H,16-17H2,1-2H3,(H,28,32)(H,30,31)/t18-,25-/m0/s1. The first-order valence-electron chi connectivity index (χ1n) is 11.2. The van der Waals surface area contributed by atoms with Crippen LogP contribution in [0.1, 0.15) is 29.5 Å². The van der Waals surface area contributed by atoms with Crippen LogP contribution >= 0.6 is 0 Å². The monoisotopic (exact) mass is 460 g/mol. The highest BCUT2D eigenvalue weighted by atomic mass is 16.7. The third-order valence-electron chi connectivity index (χ3n) is 6.22. The molecule has 0 bridgehead atoms. The number of carbonyl (C=O) groups excluding carboxylic acids is 1. The zero-order chi connectivity index (χ0) is 24.1. The number of hydrogen-bond donors (Lipinski definition) is 2. The molecule has 3 aromatic carbocycles. The molecule has 0 unspecified atom stereocenters. The molecule has 2 atom stereocenters. The van der Waals surface area contributed by atoms with Gasteiger partial charge in [-0.15, -0.1) is 0 Å². The summed E-state index contributed by atoms with van der Waals surface area (Å²) in [5, 5.41) is 13.6. The summed E-state index contributed by atoms with van der Waals surface area (Å²) in [4.78, 5) is 30.2. The van der Waals surface area contributed by atoms with Gasteiger partial charge < -0.3 is 15.2 Å². The number of benzene rings is 3. The number of nitrogens with one attached hydrogen (secondary N) is 1. The number of amides is 1. The maximum Gasteiger partial charge on any atom is 0.407 e. The molecule has 0 radical (unpaired) electrons. The van der Waals surface area contributed by atoms with Crippen LogP contribution in [0.4, 0.5) is 4.79 Å². The highest BCUT2D eigenvalue weighted by Gasteiger charge is 2.32. The smallest absolute Gasteiger partial charge is 0.407 e. The van der Waals surface area contributed by atoms with Gasteiger partial charge in [-0.05, 0) is 34.7 Å². The van der Waals surface area contributed by atoms with Gasteiger partial charge in [-0.2, -0.15) is 5.06 Å². The summed E-state index contributed by atoms with van der Waals surface area (Å²) >= 11 is 0. The summed E-state index contributed by atoms with van der Waals surface area (Å²) in [7, 11) is 1.64. The quantitative estimate of drug-likeness (QED) is 0.460. The predicted molar refractivity (Wildman–Crippen MR) is 128 cm³/mol. The maximum absolute atomic E-state index is 12.6. The largest absolute Gasteiger partial charge is 0.480 e. The van der Waals surface area contributed by atoms with Gasteiger partial charge >= 0.3 is 12.1 Å². The zero-order valence-electron chi connectivity index (χ0n) is 19.2. The van der Waals surface area contributed by atoms with Gasteiger partial charge in [-0.25, -0.2) is 9.59 Å². The topological polar surface area (TPSA) is 88.1 Å². The SMILES string of the molecule is C[C@@H]([C@H](NC(=O)OCC1c2ccccc2-c2ccccc21)C(=O)O)N(C)OCc1ccccc1. The number of aliphatic carboxylic acids is 1. The Morgan fingerprint density at radius 2 is 1.50 bits per heavy atom. The van der Waals surface area contributed by atoms with Gasteiger partial charge in [-0.3, -0.25) is 4.84 Å². The average Bonchev–Trinajstić information content (AvgIpc) is 3.18. The summed E-state index contributed by atoms with van der Waals surface area (Å²) in [5.74, 6) is -1.27. The van der Waals surface area contributed by atoms with Crippen molar-refractivity contribution in [2.45, 2.75) is 31.5 Å². The molecule has 4 rings (SSSR count). The number of alkyl carbamates (subject to hydrolysis) is 1. The van der Waals surface area contributed by atoms with Gasteiger partial charge in [0.25, 0.3) is 0 Å². The van der Waals surface area contributed by atoms with E-state index in [4.69, 9.17) is 9.57 Å². The van der Waals surface area contributed by atoms with Crippen LogP contribution in [0.2, 0.25) is 0 Å². The fraction of sp³-hybridized carbons (Fsp3) is 0.259. The number of rotatable bonds is 9. The van der Waals surface area contributed by atoms with Crippen molar-refractivity contribution in [2.75, 3.05) is 13.7 Å². The minimum atomic E-state index is -1.21. The van der Waals surface area contributed by atoms with Crippen molar-refractivity contribution >= 4 is 12.1 Å². The van der Waals surface area contributed by atoms with Gasteiger partial charge in [0.1, 0.15) is 12.6 Å². The molecule has 7 nitrogen and oxygen atoms in total. The van der Waals surface area contributed by atoms with Gasteiger partial charge in [0, 0.05) is 13.0 Å². The number of nitrogens with zero attached hydrogens (tertiary/aromatic N) is 1. The number of carboxylic acid groups (broad SMARTS) is 1. The van der Waals surface area contributed by atoms with Crippen LogP contribution in [-0.2, 0) is 21.0 Å². The van der Waals surface area contributed by atoms with Crippen LogP contribution in [-0.4, -0.2) is 48.0 Å². The third-order valence-corrected chi connectivity index (χ3v) is 6.22. The maximum atomic E-state index is 12.6. The molecule has 2 N–H and O–H groups in total. The highest BCUT2D eigenvalue weighted by molar-refractivity contribution is 5.81. The van der Waals surface area contributed by atoms with Crippen molar-refractivity contribution in [3.05, 3.63) is 95.6 Å². The molecule has 1 aliphatic rings. The lowest BCUT2D eigenvalue weighted by molar-refractivity contribution is -0.185. The molecule has 176 valence electrons. The van der Waals surface area contributed by atoms with Gasteiger partial charge in [-0.1, -0.05) is 78.9 Å². The van der Waals surface area contributed by atoms with Crippen molar-refractivity contribution in [2.24, 2.45) is 0 Å². The van der Waals surface area contributed by atoms with Crippen molar-refractivity contribution < 1.29 is 24.3 Å². The third kappa shape index (κ3) is 5.11. The number of carboxylic acids is 1.